The van der Waals surface area contributed by atoms with Crippen molar-refractivity contribution >= 4 is 11.9 Å². The lowest BCUT2D eigenvalue weighted by Gasteiger charge is -2.17. The summed E-state index contributed by atoms with van der Waals surface area (Å²) in [7, 11) is 3.53. The van der Waals surface area contributed by atoms with E-state index in [1.807, 2.05) is 31.1 Å². The van der Waals surface area contributed by atoms with E-state index in [0.29, 0.717) is 12.5 Å². The number of carbonyl (C=O) groups is 1. The zero-order valence-corrected chi connectivity index (χ0v) is 16.7. The summed E-state index contributed by atoms with van der Waals surface area (Å²) in [6.45, 7) is 3.15. The van der Waals surface area contributed by atoms with Crippen LogP contribution < -0.4 is 15.8 Å². The Hall–Kier alpha value is -3.49. The Morgan fingerprint density at radius 3 is 2.83 bits per heavy atom. The van der Waals surface area contributed by atoms with Crippen LogP contribution in [0.25, 0.3) is 11.3 Å². The van der Waals surface area contributed by atoms with Crippen molar-refractivity contribution in [2.75, 3.05) is 18.0 Å². The zero-order chi connectivity index (χ0) is 20.5. The van der Waals surface area contributed by atoms with Gasteiger partial charge in [0.05, 0.1) is 11.9 Å². The molecule has 0 saturated carbocycles. The van der Waals surface area contributed by atoms with Gasteiger partial charge in [-0.15, -0.1) is 0 Å². The number of anilines is 1. The van der Waals surface area contributed by atoms with E-state index in [1.165, 1.54) is 4.57 Å². The third-order valence-electron chi connectivity index (χ3n) is 5.25. The van der Waals surface area contributed by atoms with Crippen molar-refractivity contribution in [1.29, 1.82) is 0 Å². The highest BCUT2D eigenvalue weighted by Gasteiger charge is 2.27. The molecule has 1 unspecified atom stereocenters. The van der Waals surface area contributed by atoms with E-state index in [1.54, 1.807) is 36.3 Å². The second-order valence-electron chi connectivity index (χ2n) is 7.30. The largest absolute Gasteiger partial charge is 0.347 e. The van der Waals surface area contributed by atoms with Gasteiger partial charge in [-0.1, -0.05) is 0 Å². The van der Waals surface area contributed by atoms with Gasteiger partial charge < -0.3 is 14.8 Å². The van der Waals surface area contributed by atoms with E-state index in [9.17, 15) is 9.59 Å². The summed E-state index contributed by atoms with van der Waals surface area (Å²) in [5.74, 6) is 0.275. The number of hydrogen-bond donors (Lipinski definition) is 1. The molecule has 3 aromatic rings. The first-order valence-corrected chi connectivity index (χ1v) is 9.47. The molecule has 0 spiro atoms. The van der Waals surface area contributed by atoms with Gasteiger partial charge in [0.15, 0.2) is 0 Å². The van der Waals surface area contributed by atoms with Crippen LogP contribution in [-0.2, 0) is 14.1 Å². The molecule has 0 aliphatic carbocycles. The Balaban J connectivity index is 1.45. The van der Waals surface area contributed by atoms with Gasteiger partial charge in [0.25, 0.3) is 11.5 Å². The van der Waals surface area contributed by atoms with Crippen molar-refractivity contribution in [1.82, 2.24) is 29.6 Å². The van der Waals surface area contributed by atoms with E-state index in [4.69, 9.17) is 0 Å². The molecule has 29 heavy (non-hydrogen) atoms. The molecule has 1 aliphatic heterocycles. The van der Waals surface area contributed by atoms with Crippen molar-refractivity contribution in [2.45, 2.75) is 19.4 Å². The smallest absolute Gasteiger partial charge is 0.263 e. The Morgan fingerprint density at radius 1 is 1.24 bits per heavy atom. The summed E-state index contributed by atoms with van der Waals surface area (Å²) < 4.78 is 3.21. The molecule has 9 heteroatoms. The van der Waals surface area contributed by atoms with Crippen LogP contribution in [0, 0.1) is 6.92 Å². The predicted molar refractivity (Wildman–Crippen MR) is 109 cm³/mol. The quantitative estimate of drug-likeness (QED) is 0.707. The molecule has 1 atom stereocenters. The SMILES string of the molecule is Cc1ccc(C(=O)NC2CCN(c3nccc(-c4cnn(C)c4)n3)C2)c(=O)n1C. The number of nitrogens with one attached hydrogen (secondary N) is 1. The van der Waals surface area contributed by atoms with E-state index >= 15 is 0 Å². The summed E-state index contributed by atoms with van der Waals surface area (Å²) in [4.78, 5) is 36.0. The summed E-state index contributed by atoms with van der Waals surface area (Å²) in [6.07, 6.45) is 6.16. The molecule has 0 bridgehead atoms. The lowest BCUT2D eigenvalue weighted by atomic mass is 10.2. The van der Waals surface area contributed by atoms with Gasteiger partial charge in [0.2, 0.25) is 5.95 Å². The van der Waals surface area contributed by atoms with Gasteiger partial charge in [0, 0.05) is 56.9 Å². The number of pyridine rings is 1. The standard InChI is InChI=1S/C20H23N7O2/c1-13-4-5-16(19(29)26(13)3)18(28)23-15-7-9-27(12-15)20-21-8-6-17(24-20)14-10-22-25(2)11-14/h4-6,8,10-11,15H,7,9,12H2,1-3H3,(H,23,28). The van der Waals surface area contributed by atoms with Crippen molar-refractivity contribution in [3.05, 3.63) is 58.4 Å². The van der Waals surface area contributed by atoms with Crippen molar-refractivity contribution in [3.63, 3.8) is 0 Å². The Labute approximate surface area is 168 Å². The maximum atomic E-state index is 12.6. The average molecular weight is 393 g/mol. The number of carbonyl (C=O) groups excluding carboxylic acids is 1. The van der Waals surface area contributed by atoms with Crippen molar-refractivity contribution in [3.8, 4) is 11.3 Å². The maximum Gasteiger partial charge on any atom is 0.263 e. The fraction of sp³-hybridized carbons (Fsp3) is 0.350. The van der Waals surface area contributed by atoms with Gasteiger partial charge in [-0.05, 0) is 31.5 Å². The fourth-order valence-electron chi connectivity index (χ4n) is 3.44. The van der Waals surface area contributed by atoms with Crippen LogP contribution in [0.2, 0.25) is 0 Å². The summed E-state index contributed by atoms with van der Waals surface area (Å²) >= 11 is 0. The molecule has 0 aromatic carbocycles. The third-order valence-corrected chi connectivity index (χ3v) is 5.25. The normalized spacial score (nSPS) is 16.2. The van der Waals surface area contributed by atoms with E-state index < -0.39 is 0 Å². The molecule has 1 fully saturated rings. The first-order chi connectivity index (χ1) is 13.9. The monoisotopic (exact) mass is 393 g/mol. The van der Waals surface area contributed by atoms with E-state index in [0.717, 1.165) is 29.9 Å². The van der Waals surface area contributed by atoms with Gasteiger partial charge in [-0.3, -0.25) is 14.3 Å². The number of hydrogen-bond acceptors (Lipinski definition) is 6. The minimum Gasteiger partial charge on any atom is -0.347 e. The molecule has 150 valence electrons. The summed E-state index contributed by atoms with van der Waals surface area (Å²) in [6, 6.07) is 5.14. The highest BCUT2D eigenvalue weighted by molar-refractivity contribution is 5.94. The summed E-state index contributed by atoms with van der Waals surface area (Å²) in [5, 5.41) is 7.15. The molecule has 1 amide bonds. The fourth-order valence-corrected chi connectivity index (χ4v) is 3.44. The highest BCUT2D eigenvalue weighted by atomic mass is 16.2. The minimum atomic E-state index is -0.345. The van der Waals surface area contributed by atoms with Crippen LogP contribution in [-0.4, -0.2) is 49.4 Å². The number of rotatable bonds is 4. The van der Waals surface area contributed by atoms with Crippen LogP contribution in [0.1, 0.15) is 22.5 Å². The molecule has 4 heterocycles. The number of amides is 1. The lowest BCUT2D eigenvalue weighted by molar-refractivity contribution is 0.0938. The predicted octanol–water partition coefficient (Wildman–Crippen LogP) is 0.893. The number of aromatic nitrogens is 5. The highest BCUT2D eigenvalue weighted by Crippen LogP contribution is 2.21. The average Bonchev–Trinajstić information content (AvgIpc) is 3.35. The topological polar surface area (TPSA) is 97.9 Å². The molecule has 4 rings (SSSR count). The Bertz CT molecular complexity index is 1120. The minimum absolute atomic E-state index is 0.0702. The lowest BCUT2D eigenvalue weighted by Crippen LogP contribution is -2.40. The number of aryl methyl sites for hydroxylation is 2. The molecule has 1 N–H and O–H groups in total. The first-order valence-electron chi connectivity index (χ1n) is 9.47. The van der Waals surface area contributed by atoms with E-state index in [-0.39, 0.29) is 23.1 Å². The molecule has 9 nitrogen and oxygen atoms in total. The molecule has 1 aliphatic rings. The second kappa shape index (κ2) is 7.50. The molecular formula is C20H23N7O2. The van der Waals surface area contributed by atoms with Gasteiger partial charge in [-0.2, -0.15) is 5.10 Å². The van der Waals surface area contributed by atoms with Crippen LogP contribution in [0.4, 0.5) is 5.95 Å². The second-order valence-corrected chi connectivity index (χ2v) is 7.30. The summed E-state index contributed by atoms with van der Waals surface area (Å²) in [5.41, 5.74) is 2.41. The third kappa shape index (κ3) is 3.75. The van der Waals surface area contributed by atoms with Crippen LogP contribution in [0.15, 0.2) is 41.6 Å². The van der Waals surface area contributed by atoms with Gasteiger partial charge in [-0.25, -0.2) is 9.97 Å². The van der Waals surface area contributed by atoms with Gasteiger partial charge in [0.1, 0.15) is 5.56 Å². The van der Waals surface area contributed by atoms with Crippen LogP contribution >= 0.6 is 0 Å². The van der Waals surface area contributed by atoms with Crippen molar-refractivity contribution in [2.24, 2.45) is 14.1 Å². The van der Waals surface area contributed by atoms with Gasteiger partial charge >= 0.3 is 0 Å². The first kappa shape index (κ1) is 18.9. The maximum absolute atomic E-state index is 12.6. The van der Waals surface area contributed by atoms with Crippen LogP contribution in [0.3, 0.4) is 0 Å². The molecule has 1 saturated heterocycles. The van der Waals surface area contributed by atoms with Crippen molar-refractivity contribution < 1.29 is 4.79 Å². The molecular weight excluding hydrogens is 370 g/mol. The Morgan fingerprint density at radius 2 is 2.07 bits per heavy atom. The van der Waals surface area contributed by atoms with Crippen LogP contribution in [0.5, 0.6) is 0 Å². The Kier molecular flexibility index (Phi) is 4.87. The molecule has 3 aromatic heterocycles. The van der Waals surface area contributed by atoms with E-state index in [2.05, 4.69) is 20.4 Å². The zero-order valence-electron chi connectivity index (χ0n) is 16.7. The number of nitrogens with zero attached hydrogens (tertiary/aromatic N) is 6. The molecule has 0 radical (unpaired) electrons.